The maximum absolute atomic E-state index is 11.8. The van der Waals surface area contributed by atoms with Crippen molar-refractivity contribution in [2.75, 3.05) is 12.4 Å². The van der Waals surface area contributed by atoms with Crippen LogP contribution in [0.15, 0.2) is 23.6 Å². The summed E-state index contributed by atoms with van der Waals surface area (Å²) >= 11 is 6.03. The number of anilines is 1. The van der Waals surface area contributed by atoms with E-state index < -0.39 is 0 Å². The van der Waals surface area contributed by atoms with E-state index in [9.17, 15) is 4.79 Å². The average molecular weight is 270 g/mol. The van der Waals surface area contributed by atoms with Gasteiger partial charge in [-0.1, -0.05) is 17.7 Å². The molecular formula is C12H16ClN3O2. The van der Waals surface area contributed by atoms with Crippen LogP contribution in [0.25, 0.3) is 0 Å². The van der Waals surface area contributed by atoms with Crippen LogP contribution in [0, 0.1) is 0 Å². The highest BCUT2D eigenvalue weighted by Gasteiger charge is 2.29. The highest BCUT2D eigenvalue weighted by molar-refractivity contribution is 6.32. The standard InChI is InChI=1S/C12H16ClN3O2/c1-3-4-16-12(17)11(13)10(7-14-16)15-8-5-9(6-8)18-2/h3,7-9,15H,1,4-6H2,2H3. The van der Waals surface area contributed by atoms with Crippen molar-refractivity contribution in [2.24, 2.45) is 0 Å². The third-order valence-corrected chi connectivity index (χ3v) is 3.44. The van der Waals surface area contributed by atoms with Gasteiger partial charge in [0.25, 0.3) is 5.56 Å². The monoisotopic (exact) mass is 269 g/mol. The molecule has 1 aliphatic rings. The molecular weight excluding hydrogens is 254 g/mol. The van der Waals surface area contributed by atoms with Crippen molar-refractivity contribution < 1.29 is 4.74 Å². The van der Waals surface area contributed by atoms with Crippen LogP contribution in [0.3, 0.4) is 0 Å². The van der Waals surface area contributed by atoms with Crippen LogP contribution in [-0.4, -0.2) is 29.0 Å². The fourth-order valence-electron chi connectivity index (χ4n) is 1.91. The molecule has 0 saturated heterocycles. The van der Waals surface area contributed by atoms with Crippen molar-refractivity contribution in [1.82, 2.24) is 9.78 Å². The Bertz CT molecular complexity index is 495. The van der Waals surface area contributed by atoms with Crippen molar-refractivity contribution in [1.29, 1.82) is 0 Å². The Morgan fingerprint density at radius 1 is 1.72 bits per heavy atom. The number of nitrogens with one attached hydrogen (secondary N) is 1. The number of nitrogens with zero attached hydrogens (tertiary/aromatic N) is 2. The second-order valence-electron chi connectivity index (χ2n) is 4.32. The maximum Gasteiger partial charge on any atom is 0.287 e. The molecule has 6 heteroatoms. The molecule has 2 rings (SSSR count). The molecule has 5 nitrogen and oxygen atoms in total. The quantitative estimate of drug-likeness (QED) is 0.826. The first-order chi connectivity index (χ1) is 8.65. The Balaban J connectivity index is 2.08. The summed E-state index contributed by atoms with van der Waals surface area (Å²) in [7, 11) is 1.70. The van der Waals surface area contributed by atoms with Crippen LogP contribution in [-0.2, 0) is 11.3 Å². The van der Waals surface area contributed by atoms with Crippen molar-refractivity contribution >= 4 is 17.3 Å². The lowest BCUT2D eigenvalue weighted by atomic mass is 9.89. The first-order valence-corrected chi connectivity index (χ1v) is 6.19. The summed E-state index contributed by atoms with van der Waals surface area (Å²) in [6.45, 7) is 3.92. The lowest BCUT2D eigenvalue weighted by molar-refractivity contribution is 0.0328. The third-order valence-electron chi connectivity index (χ3n) is 3.07. The van der Waals surface area contributed by atoms with Gasteiger partial charge in [0.05, 0.1) is 24.5 Å². The summed E-state index contributed by atoms with van der Waals surface area (Å²) < 4.78 is 6.47. The van der Waals surface area contributed by atoms with E-state index in [1.807, 2.05) is 0 Å². The fraction of sp³-hybridized carbons (Fsp3) is 0.500. The van der Waals surface area contributed by atoms with E-state index in [0.29, 0.717) is 24.4 Å². The molecule has 0 radical (unpaired) electrons. The Labute approximate surface area is 110 Å². The van der Waals surface area contributed by atoms with Gasteiger partial charge in [0.2, 0.25) is 0 Å². The lowest BCUT2D eigenvalue weighted by Crippen LogP contribution is -2.40. The molecule has 0 amide bonds. The number of hydrogen-bond acceptors (Lipinski definition) is 4. The van der Waals surface area contributed by atoms with E-state index in [4.69, 9.17) is 16.3 Å². The van der Waals surface area contributed by atoms with E-state index in [1.54, 1.807) is 19.4 Å². The van der Waals surface area contributed by atoms with Gasteiger partial charge in [-0.15, -0.1) is 6.58 Å². The van der Waals surface area contributed by atoms with Gasteiger partial charge in [0.15, 0.2) is 0 Å². The Morgan fingerprint density at radius 3 is 3.06 bits per heavy atom. The van der Waals surface area contributed by atoms with Crippen LogP contribution in [0.1, 0.15) is 12.8 Å². The minimum absolute atomic E-state index is 0.174. The fourth-order valence-corrected chi connectivity index (χ4v) is 2.11. The SMILES string of the molecule is C=CCn1ncc(NC2CC(OC)C2)c(Cl)c1=O. The minimum atomic E-state index is -0.302. The highest BCUT2D eigenvalue weighted by atomic mass is 35.5. The van der Waals surface area contributed by atoms with Gasteiger partial charge in [-0.05, 0) is 12.8 Å². The van der Waals surface area contributed by atoms with Crippen molar-refractivity contribution in [3.8, 4) is 0 Å². The molecule has 0 spiro atoms. The third kappa shape index (κ3) is 2.57. The Kier molecular flexibility index (Phi) is 4.04. The number of methoxy groups -OCH3 is 1. The van der Waals surface area contributed by atoms with E-state index in [0.717, 1.165) is 12.8 Å². The summed E-state index contributed by atoms with van der Waals surface area (Å²) in [6.07, 6.45) is 5.32. The van der Waals surface area contributed by atoms with Gasteiger partial charge in [0.1, 0.15) is 5.02 Å². The first kappa shape index (κ1) is 13.1. The van der Waals surface area contributed by atoms with Gasteiger partial charge >= 0.3 is 0 Å². The van der Waals surface area contributed by atoms with Gasteiger partial charge in [-0.3, -0.25) is 4.79 Å². The average Bonchev–Trinajstić information content (AvgIpc) is 2.32. The molecule has 1 heterocycles. The Hall–Kier alpha value is -1.33. The second kappa shape index (κ2) is 5.54. The number of allylic oxidation sites excluding steroid dienone is 1. The number of halogens is 1. The number of ether oxygens (including phenoxy) is 1. The van der Waals surface area contributed by atoms with E-state index in [-0.39, 0.29) is 10.6 Å². The number of rotatable bonds is 5. The van der Waals surface area contributed by atoms with E-state index >= 15 is 0 Å². The molecule has 1 aromatic rings. The van der Waals surface area contributed by atoms with Gasteiger partial charge < -0.3 is 10.1 Å². The molecule has 18 heavy (non-hydrogen) atoms. The van der Waals surface area contributed by atoms with Crippen LogP contribution in [0.2, 0.25) is 5.02 Å². The summed E-state index contributed by atoms with van der Waals surface area (Å²) in [6, 6.07) is 0.295. The predicted octanol–water partition coefficient (Wildman–Crippen LogP) is 1.67. The van der Waals surface area contributed by atoms with E-state index in [2.05, 4.69) is 17.0 Å². The summed E-state index contributed by atoms with van der Waals surface area (Å²) in [5, 5.41) is 7.42. The molecule has 1 N–H and O–H groups in total. The van der Waals surface area contributed by atoms with Gasteiger partial charge in [-0.2, -0.15) is 5.10 Å². The molecule has 1 aromatic heterocycles. The minimum Gasteiger partial charge on any atom is -0.381 e. The highest BCUT2D eigenvalue weighted by Crippen LogP contribution is 2.27. The van der Waals surface area contributed by atoms with Gasteiger partial charge in [0, 0.05) is 13.2 Å². The normalized spacial score (nSPS) is 22.3. The molecule has 98 valence electrons. The van der Waals surface area contributed by atoms with Crippen LogP contribution in [0.5, 0.6) is 0 Å². The van der Waals surface area contributed by atoms with Crippen LogP contribution >= 0.6 is 11.6 Å². The molecule has 0 aromatic carbocycles. The summed E-state index contributed by atoms with van der Waals surface area (Å²) in [5.41, 5.74) is 0.283. The van der Waals surface area contributed by atoms with Crippen molar-refractivity contribution in [3.63, 3.8) is 0 Å². The largest absolute Gasteiger partial charge is 0.381 e. The predicted molar refractivity (Wildman–Crippen MR) is 71.1 cm³/mol. The number of aromatic nitrogens is 2. The summed E-state index contributed by atoms with van der Waals surface area (Å²) in [5.74, 6) is 0. The topological polar surface area (TPSA) is 56.1 Å². The Morgan fingerprint density at radius 2 is 2.44 bits per heavy atom. The molecule has 1 fully saturated rings. The lowest BCUT2D eigenvalue weighted by Gasteiger charge is -2.35. The van der Waals surface area contributed by atoms with Crippen molar-refractivity contribution in [2.45, 2.75) is 31.5 Å². The summed E-state index contributed by atoms with van der Waals surface area (Å²) in [4.78, 5) is 11.8. The van der Waals surface area contributed by atoms with Crippen molar-refractivity contribution in [3.05, 3.63) is 34.2 Å². The molecule has 1 aliphatic carbocycles. The first-order valence-electron chi connectivity index (χ1n) is 5.81. The smallest absolute Gasteiger partial charge is 0.287 e. The molecule has 0 atom stereocenters. The number of hydrogen-bond donors (Lipinski definition) is 1. The van der Waals surface area contributed by atoms with E-state index in [1.165, 1.54) is 4.68 Å². The molecule has 0 bridgehead atoms. The zero-order valence-corrected chi connectivity index (χ0v) is 11.0. The zero-order chi connectivity index (χ0) is 13.1. The van der Waals surface area contributed by atoms with Gasteiger partial charge in [-0.25, -0.2) is 4.68 Å². The molecule has 0 aliphatic heterocycles. The molecule has 1 saturated carbocycles. The zero-order valence-electron chi connectivity index (χ0n) is 10.2. The maximum atomic E-state index is 11.8. The van der Waals surface area contributed by atoms with Crippen LogP contribution < -0.4 is 10.9 Å². The van der Waals surface area contributed by atoms with Crippen LogP contribution in [0.4, 0.5) is 5.69 Å². The second-order valence-corrected chi connectivity index (χ2v) is 4.70. The molecule has 0 unspecified atom stereocenters.